The van der Waals surface area contributed by atoms with Crippen LogP contribution in [0.3, 0.4) is 0 Å². The predicted octanol–water partition coefficient (Wildman–Crippen LogP) is 1.87. The highest BCUT2D eigenvalue weighted by atomic mass is 35.5. The smallest absolute Gasteiger partial charge is 0.140 e. The summed E-state index contributed by atoms with van der Waals surface area (Å²) >= 11 is 5.82. The molecule has 0 spiro atoms. The molecular weight excluding hydrogens is 174 g/mol. The van der Waals surface area contributed by atoms with Crippen LogP contribution in [0.5, 0.6) is 0 Å². The first-order valence-electron chi connectivity index (χ1n) is 3.43. The zero-order chi connectivity index (χ0) is 8.55. The van der Waals surface area contributed by atoms with Crippen LogP contribution >= 0.6 is 11.6 Å². The highest BCUT2D eigenvalue weighted by molar-refractivity contribution is 6.34. The van der Waals surface area contributed by atoms with E-state index in [2.05, 4.69) is 9.97 Å². The van der Waals surface area contributed by atoms with Gasteiger partial charge in [-0.3, -0.25) is 0 Å². The number of aromatic nitrogens is 2. The summed E-state index contributed by atoms with van der Waals surface area (Å²) < 4.78 is 0. The van der Waals surface area contributed by atoms with Crippen LogP contribution in [0.1, 0.15) is 0 Å². The van der Waals surface area contributed by atoms with Crippen molar-refractivity contribution in [1.82, 2.24) is 9.97 Å². The van der Waals surface area contributed by atoms with E-state index in [0.29, 0.717) is 10.8 Å². The average molecular weight is 180 g/mol. The summed E-state index contributed by atoms with van der Waals surface area (Å²) in [4.78, 5) is 7.88. The minimum Gasteiger partial charge on any atom is -0.399 e. The minimum absolute atomic E-state index is 0.437. The molecule has 0 bridgehead atoms. The molecule has 2 aromatic rings. The van der Waals surface area contributed by atoms with Gasteiger partial charge >= 0.3 is 0 Å². The molecule has 1 aromatic carbocycles. The number of nitrogens with two attached hydrogens (primary N) is 1. The van der Waals surface area contributed by atoms with Gasteiger partial charge in [0.1, 0.15) is 11.5 Å². The summed E-state index contributed by atoms with van der Waals surface area (Å²) in [5.74, 6) is 0. The van der Waals surface area contributed by atoms with E-state index >= 15 is 0 Å². The maximum atomic E-state index is 5.82. The number of hydrogen-bond donors (Lipinski definition) is 1. The van der Waals surface area contributed by atoms with Crippen molar-refractivity contribution < 1.29 is 0 Å². The molecule has 0 radical (unpaired) electrons. The number of rotatable bonds is 0. The Labute approximate surface area is 74.2 Å². The molecule has 0 aliphatic heterocycles. The van der Waals surface area contributed by atoms with Crippen molar-refractivity contribution in [2.75, 3.05) is 5.73 Å². The lowest BCUT2D eigenvalue weighted by molar-refractivity contribution is 1.22. The lowest BCUT2D eigenvalue weighted by atomic mass is 10.2. The van der Waals surface area contributed by atoms with Gasteiger partial charge in [0.15, 0.2) is 0 Å². The highest BCUT2D eigenvalue weighted by Crippen LogP contribution is 2.20. The number of nitrogen functional groups attached to an aromatic ring is 1. The van der Waals surface area contributed by atoms with E-state index in [1.807, 2.05) is 6.07 Å². The topological polar surface area (TPSA) is 51.8 Å². The van der Waals surface area contributed by atoms with Gasteiger partial charge in [0.25, 0.3) is 0 Å². The molecule has 60 valence electrons. The van der Waals surface area contributed by atoms with Crippen molar-refractivity contribution in [1.29, 1.82) is 0 Å². The monoisotopic (exact) mass is 179 g/mol. The van der Waals surface area contributed by atoms with Crippen LogP contribution in [0.15, 0.2) is 24.5 Å². The minimum atomic E-state index is 0.437. The first-order chi connectivity index (χ1) is 5.77. The van der Waals surface area contributed by atoms with Crippen molar-refractivity contribution in [2.24, 2.45) is 0 Å². The van der Waals surface area contributed by atoms with Crippen LogP contribution < -0.4 is 5.73 Å². The Morgan fingerprint density at radius 3 is 2.92 bits per heavy atom. The summed E-state index contributed by atoms with van der Waals surface area (Å²) in [6.45, 7) is 0. The van der Waals surface area contributed by atoms with Gasteiger partial charge in [-0.2, -0.15) is 0 Å². The van der Waals surface area contributed by atoms with Crippen LogP contribution in [-0.2, 0) is 0 Å². The van der Waals surface area contributed by atoms with Gasteiger partial charge in [-0.15, -0.1) is 0 Å². The van der Waals surface area contributed by atoms with Gasteiger partial charge in [0.2, 0.25) is 0 Å². The summed E-state index contributed by atoms with van der Waals surface area (Å²) in [5, 5.41) is 1.23. The van der Waals surface area contributed by atoms with Crippen LogP contribution in [0.4, 0.5) is 5.69 Å². The second-order valence-corrected chi connectivity index (χ2v) is 2.80. The summed E-state index contributed by atoms with van der Waals surface area (Å²) in [6.07, 6.45) is 1.43. The number of anilines is 1. The summed E-state index contributed by atoms with van der Waals surface area (Å²) in [6, 6.07) is 5.36. The summed E-state index contributed by atoms with van der Waals surface area (Å²) in [7, 11) is 0. The molecule has 2 rings (SSSR count). The third-order valence-corrected chi connectivity index (χ3v) is 1.91. The van der Waals surface area contributed by atoms with Gasteiger partial charge in [0, 0.05) is 11.1 Å². The van der Waals surface area contributed by atoms with E-state index in [-0.39, 0.29) is 0 Å². The fourth-order valence-electron chi connectivity index (χ4n) is 1.04. The Kier molecular flexibility index (Phi) is 1.59. The molecule has 0 unspecified atom stereocenters. The standard InChI is InChI=1S/C8H6ClN3/c9-8-6-3-5(10)1-2-7(6)11-4-12-8/h1-4H,10H2. The van der Waals surface area contributed by atoms with Gasteiger partial charge in [-0.25, -0.2) is 9.97 Å². The Bertz CT molecular complexity index is 428. The molecule has 0 atom stereocenters. The van der Waals surface area contributed by atoms with Crippen molar-refractivity contribution in [2.45, 2.75) is 0 Å². The van der Waals surface area contributed by atoms with Crippen LogP contribution in [0, 0.1) is 0 Å². The first kappa shape index (κ1) is 7.31. The third kappa shape index (κ3) is 1.08. The SMILES string of the molecule is Nc1ccc2ncnc(Cl)c2c1. The van der Waals surface area contributed by atoms with E-state index in [9.17, 15) is 0 Å². The van der Waals surface area contributed by atoms with Crippen LogP contribution in [-0.4, -0.2) is 9.97 Å². The molecule has 0 saturated heterocycles. The van der Waals surface area contributed by atoms with E-state index in [1.54, 1.807) is 12.1 Å². The fourth-order valence-corrected chi connectivity index (χ4v) is 1.24. The predicted molar refractivity (Wildman–Crippen MR) is 49.0 cm³/mol. The van der Waals surface area contributed by atoms with Crippen LogP contribution in [0.2, 0.25) is 5.15 Å². The lowest BCUT2D eigenvalue weighted by Crippen LogP contribution is -1.87. The van der Waals surface area contributed by atoms with Gasteiger partial charge in [-0.05, 0) is 18.2 Å². The molecule has 0 saturated carbocycles. The molecule has 0 aliphatic carbocycles. The average Bonchev–Trinajstić information content (AvgIpc) is 2.07. The van der Waals surface area contributed by atoms with E-state index < -0.39 is 0 Å². The molecule has 0 amide bonds. The van der Waals surface area contributed by atoms with Gasteiger partial charge in [-0.1, -0.05) is 11.6 Å². The Morgan fingerprint density at radius 1 is 1.25 bits per heavy atom. The molecule has 0 fully saturated rings. The van der Waals surface area contributed by atoms with E-state index in [1.165, 1.54) is 6.33 Å². The quantitative estimate of drug-likeness (QED) is 0.496. The zero-order valence-electron chi connectivity index (χ0n) is 6.16. The van der Waals surface area contributed by atoms with Crippen LogP contribution in [0.25, 0.3) is 10.9 Å². The number of fused-ring (bicyclic) bond motifs is 1. The highest BCUT2D eigenvalue weighted by Gasteiger charge is 1.99. The van der Waals surface area contributed by atoms with Crippen molar-refractivity contribution >= 4 is 28.2 Å². The second-order valence-electron chi connectivity index (χ2n) is 2.44. The van der Waals surface area contributed by atoms with Crippen molar-refractivity contribution in [3.05, 3.63) is 29.7 Å². The van der Waals surface area contributed by atoms with Crippen molar-refractivity contribution in [3.63, 3.8) is 0 Å². The largest absolute Gasteiger partial charge is 0.399 e. The molecule has 4 heteroatoms. The molecule has 1 heterocycles. The maximum Gasteiger partial charge on any atom is 0.140 e. The number of nitrogens with zero attached hydrogens (tertiary/aromatic N) is 2. The first-order valence-corrected chi connectivity index (χ1v) is 3.81. The van der Waals surface area contributed by atoms with E-state index in [4.69, 9.17) is 17.3 Å². The second kappa shape index (κ2) is 2.60. The fraction of sp³-hybridized carbons (Fsp3) is 0. The normalized spacial score (nSPS) is 10.4. The molecule has 2 N–H and O–H groups in total. The Hall–Kier alpha value is -1.35. The molecular formula is C8H6ClN3. The summed E-state index contributed by atoms with van der Waals surface area (Å²) in [5.41, 5.74) is 7.05. The maximum absolute atomic E-state index is 5.82. The van der Waals surface area contributed by atoms with Gasteiger partial charge < -0.3 is 5.73 Å². The number of benzene rings is 1. The molecule has 12 heavy (non-hydrogen) atoms. The molecule has 1 aromatic heterocycles. The lowest BCUT2D eigenvalue weighted by Gasteiger charge is -1.98. The molecule has 0 aliphatic rings. The molecule has 3 nitrogen and oxygen atoms in total. The Morgan fingerprint density at radius 2 is 2.08 bits per heavy atom. The Balaban J connectivity index is 2.88. The van der Waals surface area contributed by atoms with Crippen molar-refractivity contribution in [3.8, 4) is 0 Å². The van der Waals surface area contributed by atoms with Gasteiger partial charge in [0.05, 0.1) is 5.52 Å². The number of halogens is 1. The van der Waals surface area contributed by atoms with E-state index in [0.717, 1.165) is 10.9 Å². The third-order valence-electron chi connectivity index (χ3n) is 1.61. The number of hydrogen-bond acceptors (Lipinski definition) is 3. The zero-order valence-corrected chi connectivity index (χ0v) is 6.92.